The van der Waals surface area contributed by atoms with E-state index in [9.17, 15) is 0 Å². The largest absolute Gasteiger partial charge is 0.314 e. The monoisotopic (exact) mass is 303 g/mol. The third-order valence-corrected chi connectivity index (χ3v) is 4.53. The van der Waals surface area contributed by atoms with Crippen LogP contribution < -0.4 is 5.32 Å². The average Bonchev–Trinajstić information content (AvgIpc) is 2.69. The van der Waals surface area contributed by atoms with Gasteiger partial charge < -0.3 is 5.32 Å². The molecule has 16 heavy (non-hydrogen) atoms. The van der Waals surface area contributed by atoms with Gasteiger partial charge in [0.15, 0.2) is 0 Å². The van der Waals surface area contributed by atoms with Crippen LogP contribution in [-0.4, -0.2) is 12.6 Å². The SMILES string of the molecule is CCCNC(CC)CCCc1cc(Br)cs1. The Labute approximate surface area is 112 Å². The van der Waals surface area contributed by atoms with Gasteiger partial charge in [-0.15, -0.1) is 11.3 Å². The van der Waals surface area contributed by atoms with E-state index in [1.165, 1.54) is 41.5 Å². The predicted octanol–water partition coefficient (Wildman–Crippen LogP) is 4.61. The molecule has 1 nitrogen and oxygen atoms in total. The van der Waals surface area contributed by atoms with Crippen molar-refractivity contribution in [3.63, 3.8) is 0 Å². The molecule has 0 fully saturated rings. The van der Waals surface area contributed by atoms with E-state index in [1.54, 1.807) is 0 Å². The molecule has 0 aromatic carbocycles. The van der Waals surface area contributed by atoms with Gasteiger partial charge >= 0.3 is 0 Å². The fourth-order valence-corrected chi connectivity index (χ4v) is 3.30. The van der Waals surface area contributed by atoms with Crippen molar-refractivity contribution in [2.24, 2.45) is 0 Å². The highest BCUT2D eigenvalue weighted by Crippen LogP contribution is 2.21. The first-order valence-corrected chi connectivity index (χ1v) is 7.89. The summed E-state index contributed by atoms with van der Waals surface area (Å²) in [4.78, 5) is 1.50. The molecule has 0 spiro atoms. The van der Waals surface area contributed by atoms with Crippen molar-refractivity contribution in [3.05, 3.63) is 20.8 Å². The van der Waals surface area contributed by atoms with Gasteiger partial charge in [-0.1, -0.05) is 13.8 Å². The van der Waals surface area contributed by atoms with Crippen molar-refractivity contribution < 1.29 is 0 Å². The molecular weight excluding hydrogens is 282 g/mol. The summed E-state index contributed by atoms with van der Waals surface area (Å²) in [5.41, 5.74) is 0. The van der Waals surface area contributed by atoms with E-state index >= 15 is 0 Å². The topological polar surface area (TPSA) is 12.0 Å². The maximum Gasteiger partial charge on any atom is 0.0285 e. The molecule has 3 heteroatoms. The number of hydrogen-bond acceptors (Lipinski definition) is 2. The zero-order valence-electron chi connectivity index (χ0n) is 10.3. The van der Waals surface area contributed by atoms with Gasteiger partial charge in [-0.3, -0.25) is 0 Å². The van der Waals surface area contributed by atoms with Crippen LogP contribution >= 0.6 is 27.3 Å². The van der Waals surface area contributed by atoms with Crippen LogP contribution in [0.3, 0.4) is 0 Å². The summed E-state index contributed by atoms with van der Waals surface area (Å²) in [5, 5.41) is 5.77. The summed E-state index contributed by atoms with van der Waals surface area (Å²) >= 11 is 5.36. The second kappa shape index (κ2) is 8.26. The zero-order chi connectivity index (χ0) is 11.8. The Balaban J connectivity index is 2.17. The molecule has 0 radical (unpaired) electrons. The fraction of sp³-hybridized carbons (Fsp3) is 0.692. The van der Waals surface area contributed by atoms with Gasteiger partial charge in [0.25, 0.3) is 0 Å². The Bertz CT molecular complexity index is 285. The Morgan fingerprint density at radius 2 is 2.25 bits per heavy atom. The Morgan fingerprint density at radius 3 is 2.81 bits per heavy atom. The van der Waals surface area contributed by atoms with Gasteiger partial charge in [0.1, 0.15) is 0 Å². The first kappa shape index (κ1) is 14.2. The first-order chi connectivity index (χ1) is 7.76. The van der Waals surface area contributed by atoms with E-state index in [0.29, 0.717) is 6.04 Å². The zero-order valence-corrected chi connectivity index (χ0v) is 12.7. The van der Waals surface area contributed by atoms with Gasteiger partial charge in [-0.25, -0.2) is 0 Å². The van der Waals surface area contributed by atoms with Crippen LogP contribution in [0.4, 0.5) is 0 Å². The summed E-state index contributed by atoms with van der Waals surface area (Å²) < 4.78 is 1.23. The molecule has 0 aliphatic heterocycles. The third-order valence-electron chi connectivity index (χ3n) is 2.77. The molecule has 92 valence electrons. The summed E-state index contributed by atoms with van der Waals surface area (Å²) in [7, 11) is 0. The van der Waals surface area contributed by atoms with Gasteiger partial charge in [0.05, 0.1) is 0 Å². The van der Waals surface area contributed by atoms with E-state index in [-0.39, 0.29) is 0 Å². The quantitative estimate of drug-likeness (QED) is 0.739. The lowest BCUT2D eigenvalue weighted by Gasteiger charge is -2.15. The van der Waals surface area contributed by atoms with Gasteiger partial charge in [-0.05, 0) is 60.6 Å². The summed E-state index contributed by atoms with van der Waals surface area (Å²) in [6.45, 7) is 5.65. The highest BCUT2D eigenvalue weighted by Gasteiger charge is 2.05. The fourth-order valence-electron chi connectivity index (χ4n) is 1.81. The molecule has 1 aromatic rings. The number of thiophene rings is 1. The number of halogens is 1. The molecule has 0 saturated carbocycles. The van der Waals surface area contributed by atoms with E-state index in [0.717, 1.165) is 6.54 Å². The molecule has 1 aromatic heterocycles. The molecule has 1 N–H and O–H groups in total. The Kier molecular flexibility index (Phi) is 7.33. The van der Waals surface area contributed by atoms with Crippen LogP contribution in [0.15, 0.2) is 15.9 Å². The van der Waals surface area contributed by atoms with Crippen molar-refractivity contribution in [1.82, 2.24) is 5.32 Å². The lowest BCUT2D eigenvalue weighted by molar-refractivity contribution is 0.456. The lowest BCUT2D eigenvalue weighted by Crippen LogP contribution is -2.29. The normalized spacial score (nSPS) is 12.9. The van der Waals surface area contributed by atoms with Crippen LogP contribution in [0.5, 0.6) is 0 Å². The molecule has 0 amide bonds. The average molecular weight is 304 g/mol. The molecule has 1 rings (SSSR count). The predicted molar refractivity (Wildman–Crippen MR) is 77.3 cm³/mol. The highest BCUT2D eigenvalue weighted by atomic mass is 79.9. The molecule has 0 bridgehead atoms. The first-order valence-electron chi connectivity index (χ1n) is 6.22. The summed E-state index contributed by atoms with van der Waals surface area (Å²) in [5.74, 6) is 0. The number of rotatable bonds is 8. The van der Waals surface area contributed by atoms with Crippen molar-refractivity contribution in [3.8, 4) is 0 Å². The highest BCUT2D eigenvalue weighted by molar-refractivity contribution is 9.10. The minimum Gasteiger partial charge on any atom is -0.314 e. The molecule has 0 aliphatic carbocycles. The van der Waals surface area contributed by atoms with E-state index in [2.05, 4.69) is 46.5 Å². The standard InChI is InChI=1S/C13H22BrNS/c1-3-8-15-12(4-2)6-5-7-13-9-11(14)10-16-13/h9-10,12,15H,3-8H2,1-2H3. The number of hydrogen-bond donors (Lipinski definition) is 1. The molecule has 0 saturated heterocycles. The second-order valence-electron chi connectivity index (χ2n) is 4.18. The minimum atomic E-state index is 0.711. The van der Waals surface area contributed by atoms with Crippen LogP contribution in [0.25, 0.3) is 0 Å². The third kappa shape index (κ3) is 5.46. The maximum atomic E-state index is 3.60. The molecule has 1 atom stereocenters. The summed E-state index contributed by atoms with van der Waals surface area (Å²) in [6.07, 6.45) is 6.29. The van der Waals surface area contributed by atoms with Gasteiger partial charge in [0, 0.05) is 20.8 Å². The van der Waals surface area contributed by atoms with Gasteiger partial charge in [-0.2, -0.15) is 0 Å². The Morgan fingerprint density at radius 1 is 1.44 bits per heavy atom. The van der Waals surface area contributed by atoms with Crippen LogP contribution in [0.2, 0.25) is 0 Å². The summed E-state index contributed by atoms with van der Waals surface area (Å²) in [6, 6.07) is 2.95. The van der Waals surface area contributed by atoms with Crippen molar-refractivity contribution >= 4 is 27.3 Å². The van der Waals surface area contributed by atoms with E-state index in [4.69, 9.17) is 0 Å². The molecule has 1 unspecified atom stereocenters. The number of nitrogens with one attached hydrogen (secondary N) is 1. The minimum absolute atomic E-state index is 0.711. The van der Waals surface area contributed by atoms with Gasteiger partial charge in [0.2, 0.25) is 0 Å². The van der Waals surface area contributed by atoms with Crippen LogP contribution in [0, 0.1) is 0 Å². The van der Waals surface area contributed by atoms with E-state index in [1.807, 2.05) is 11.3 Å². The number of aryl methyl sites for hydroxylation is 1. The maximum absolute atomic E-state index is 3.60. The van der Waals surface area contributed by atoms with E-state index < -0.39 is 0 Å². The lowest BCUT2D eigenvalue weighted by atomic mass is 10.1. The van der Waals surface area contributed by atoms with Crippen molar-refractivity contribution in [2.75, 3.05) is 6.54 Å². The van der Waals surface area contributed by atoms with Crippen molar-refractivity contribution in [1.29, 1.82) is 0 Å². The second-order valence-corrected chi connectivity index (χ2v) is 6.09. The smallest absolute Gasteiger partial charge is 0.0285 e. The molecule has 1 heterocycles. The van der Waals surface area contributed by atoms with Crippen LogP contribution in [-0.2, 0) is 6.42 Å². The molecule has 0 aliphatic rings. The Hall–Kier alpha value is 0.140. The van der Waals surface area contributed by atoms with Crippen molar-refractivity contribution in [2.45, 2.75) is 52.0 Å². The van der Waals surface area contributed by atoms with Crippen LogP contribution in [0.1, 0.15) is 44.4 Å². The molecular formula is C13H22BrNS.